The molecule has 0 radical (unpaired) electrons. The van der Waals surface area contributed by atoms with Crippen molar-refractivity contribution < 1.29 is 13.2 Å². The first-order valence-corrected chi connectivity index (χ1v) is 11.8. The van der Waals surface area contributed by atoms with Crippen molar-refractivity contribution in [2.45, 2.75) is 44.4 Å². The SMILES string of the molecule is Cc1ccc(NC(=O)/C=C/c2c(C)nn(C)c2Cl)cc1S(=O)(=O)N1CCCCCC1. The van der Waals surface area contributed by atoms with Gasteiger partial charge < -0.3 is 5.32 Å². The monoisotopic (exact) mass is 450 g/mol. The molecule has 30 heavy (non-hydrogen) atoms. The lowest BCUT2D eigenvalue weighted by atomic mass is 10.2. The Kier molecular flexibility index (Phi) is 7.00. The molecule has 1 saturated heterocycles. The smallest absolute Gasteiger partial charge is 0.248 e. The Labute approximate surface area is 182 Å². The molecule has 1 aromatic heterocycles. The summed E-state index contributed by atoms with van der Waals surface area (Å²) in [5.74, 6) is -0.378. The zero-order valence-corrected chi connectivity index (χ0v) is 19.1. The van der Waals surface area contributed by atoms with Crippen LogP contribution in [0.5, 0.6) is 0 Å². The van der Waals surface area contributed by atoms with Crippen molar-refractivity contribution in [2.24, 2.45) is 7.05 Å². The van der Waals surface area contributed by atoms with Crippen molar-refractivity contribution >= 4 is 39.3 Å². The second kappa shape index (κ2) is 9.32. The molecule has 2 aromatic rings. The first-order valence-electron chi connectivity index (χ1n) is 9.99. The van der Waals surface area contributed by atoms with Crippen LogP contribution in [0.4, 0.5) is 5.69 Å². The Morgan fingerprint density at radius 2 is 1.83 bits per heavy atom. The highest BCUT2D eigenvalue weighted by Gasteiger charge is 2.27. The first-order chi connectivity index (χ1) is 14.2. The van der Waals surface area contributed by atoms with Gasteiger partial charge in [0.2, 0.25) is 15.9 Å². The fraction of sp³-hybridized carbons (Fsp3) is 0.429. The Morgan fingerprint density at radius 1 is 1.17 bits per heavy atom. The Bertz CT molecular complexity index is 1070. The summed E-state index contributed by atoms with van der Waals surface area (Å²) in [6, 6.07) is 4.95. The van der Waals surface area contributed by atoms with Crippen LogP contribution in [0.3, 0.4) is 0 Å². The van der Waals surface area contributed by atoms with Gasteiger partial charge in [-0.25, -0.2) is 8.42 Å². The molecule has 162 valence electrons. The number of hydrogen-bond donors (Lipinski definition) is 1. The number of hydrogen-bond acceptors (Lipinski definition) is 4. The van der Waals surface area contributed by atoms with Crippen LogP contribution in [0.15, 0.2) is 29.2 Å². The lowest BCUT2D eigenvalue weighted by molar-refractivity contribution is -0.111. The molecule has 7 nitrogen and oxygen atoms in total. The van der Waals surface area contributed by atoms with Crippen molar-refractivity contribution in [3.05, 3.63) is 46.2 Å². The third-order valence-electron chi connectivity index (χ3n) is 5.24. The van der Waals surface area contributed by atoms with Gasteiger partial charge in [0.15, 0.2) is 0 Å². The van der Waals surface area contributed by atoms with Crippen LogP contribution in [-0.4, -0.2) is 41.5 Å². The lowest BCUT2D eigenvalue weighted by Crippen LogP contribution is -2.32. The maximum absolute atomic E-state index is 13.2. The second-order valence-corrected chi connectivity index (χ2v) is 9.80. The van der Waals surface area contributed by atoms with Crippen LogP contribution >= 0.6 is 11.6 Å². The average molecular weight is 451 g/mol. The average Bonchev–Trinajstić information content (AvgIpc) is 2.89. The molecule has 3 rings (SSSR count). The summed E-state index contributed by atoms with van der Waals surface area (Å²) < 4.78 is 29.4. The molecule has 0 aliphatic carbocycles. The van der Waals surface area contributed by atoms with Gasteiger partial charge in [-0.3, -0.25) is 9.48 Å². The maximum Gasteiger partial charge on any atom is 0.248 e. The van der Waals surface area contributed by atoms with Crippen LogP contribution in [0.25, 0.3) is 6.08 Å². The van der Waals surface area contributed by atoms with E-state index in [1.807, 2.05) is 6.92 Å². The van der Waals surface area contributed by atoms with E-state index in [2.05, 4.69) is 10.4 Å². The number of carbonyl (C=O) groups is 1. The molecule has 0 atom stereocenters. The van der Waals surface area contributed by atoms with Gasteiger partial charge in [-0.15, -0.1) is 0 Å². The number of amides is 1. The summed E-state index contributed by atoms with van der Waals surface area (Å²) >= 11 is 6.18. The molecule has 1 aromatic carbocycles. The van der Waals surface area contributed by atoms with Gasteiger partial charge >= 0.3 is 0 Å². The fourth-order valence-electron chi connectivity index (χ4n) is 3.56. The van der Waals surface area contributed by atoms with Crippen LogP contribution in [0.1, 0.15) is 42.5 Å². The molecule has 1 amide bonds. The molecule has 1 aliphatic heterocycles. The number of anilines is 1. The summed E-state index contributed by atoms with van der Waals surface area (Å²) in [5.41, 5.74) is 2.47. The fourth-order valence-corrected chi connectivity index (χ4v) is 5.56. The number of rotatable bonds is 5. The van der Waals surface area contributed by atoms with E-state index in [1.54, 1.807) is 36.5 Å². The topological polar surface area (TPSA) is 84.3 Å². The number of nitrogens with zero attached hydrogens (tertiary/aromatic N) is 3. The standard InChI is InChI=1S/C21H27ClN4O3S/c1-15-8-9-17(14-19(15)30(28,29)26-12-6-4-5-7-13-26)23-20(27)11-10-18-16(2)24-25(3)21(18)22/h8-11,14H,4-7,12-13H2,1-3H3,(H,23,27)/b11-10+. The van der Waals surface area contributed by atoms with E-state index in [4.69, 9.17) is 11.6 Å². The minimum Gasteiger partial charge on any atom is -0.322 e. The van der Waals surface area contributed by atoms with Crippen molar-refractivity contribution in [1.29, 1.82) is 0 Å². The van der Waals surface area contributed by atoms with Gasteiger partial charge in [-0.05, 0) is 50.5 Å². The normalized spacial score (nSPS) is 16.0. The lowest BCUT2D eigenvalue weighted by Gasteiger charge is -2.21. The summed E-state index contributed by atoms with van der Waals surface area (Å²) in [6.07, 6.45) is 6.80. The highest BCUT2D eigenvalue weighted by Crippen LogP contribution is 2.26. The van der Waals surface area contributed by atoms with Crippen molar-refractivity contribution in [3.63, 3.8) is 0 Å². The first kappa shape index (κ1) is 22.5. The van der Waals surface area contributed by atoms with E-state index in [9.17, 15) is 13.2 Å². The van der Waals surface area contributed by atoms with Crippen molar-refractivity contribution in [3.8, 4) is 0 Å². The summed E-state index contributed by atoms with van der Waals surface area (Å²) in [6.45, 7) is 4.64. The molecule has 1 N–H and O–H groups in total. The van der Waals surface area contributed by atoms with Gasteiger partial charge in [0.1, 0.15) is 5.15 Å². The molecule has 0 unspecified atom stereocenters. The minimum absolute atomic E-state index is 0.234. The highest BCUT2D eigenvalue weighted by molar-refractivity contribution is 7.89. The molecule has 1 aliphatic rings. The molecule has 1 fully saturated rings. The number of aryl methyl sites for hydroxylation is 3. The van der Waals surface area contributed by atoms with Crippen LogP contribution in [0.2, 0.25) is 5.15 Å². The van der Waals surface area contributed by atoms with Crippen LogP contribution < -0.4 is 5.32 Å². The number of sulfonamides is 1. The minimum atomic E-state index is -3.60. The number of benzene rings is 1. The predicted molar refractivity (Wildman–Crippen MR) is 119 cm³/mol. The second-order valence-electron chi connectivity index (χ2n) is 7.53. The van der Waals surface area contributed by atoms with Gasteiger partial charge in [0.05, 0.1) is 10.6 Å². The molecule has 2 heterocycles. The van der Waals surface area contributed by atoms with Crippen LogP contribution in [0, 0.1) is 13.8 Å². The number of halogens is 1. The summed E-state index contributed by atoms with van der Waals surface area (Å²) in [5, 5.41) is 7.38. The summed E-state index contributed by atoms with van der Waals surface area (Å²) in [4.78, 5) is 12.6. The van der Waals surface area contributed by atoms with Gasteiger partial charge in [0.25, 0.3) is 0 Å². The molecular formula is C21H27ClN4O3S. The quantitative estimate of drug-likeness (QED) is 0.700. The zero-order valence-electron chi connectivity index (χ0n) is 17.5. The van der Waals surface area contributed by atoms with Gasteiger partial charge in [-0.1, -0.05) is 30.5 Å². The van der Waals surface area contributed by atoms with E-state index in [-0.39, 0.29) is 10.8 Å². The van der Waals surface area contributed by atoms with E-state index in [1.165, 1.54) is 16.8 Å². The van der Waals surface area contributed by atoms with Crippen LogP contribution in [-0.2, 0) is 21.9 Å². The van der Waals surface area contributed by atoms with Crippen molar-refractivity contribution in [1.82, 2.24) is 14.1 Å². The van der Waals surface area contributed by atoms with Crippen molar-refractivity contribution in [2.75, 3.05) is 18.4 Å². The van der Waals surface area contributed by atoms with E-state index in [0.29, 0.717) is 40.8 Å². The number of aromatic nitrogens is 2. The zero-order chi connectivity index (χ0) is 21.9. The number of nitrogens with one attached hydrogen (secondary N) is 1. The predicted octanol–water partition coefficient (Wildman–Crippen LogP) is 3.91. The van der Waals surface area contributed by atoms with E-state index in [0.717, 1.165) is 25.7 Å². The number of carbonyl (C=O) groups excluding carboxylic acids is 1. The molecule has 0 saturated carbocycles. The van der Waals surface area contributed by atoms with E-state index < -0.39 is 10.0 Å². The highest BCUT2D eigenvalue weighted by atomic mass is 35.5. The Morgan fingerprint density at radius 3 is 2.43 bits per heavy atom. The Hall–Kier alpha value is -2.16. The largest absolute Gasteiger partial charge is 0.322 e. The Balaban J connectivity index is 1.79. The van der Waals surface area contributed by atoms with Gasteiger partial charge in [-0.2, -0.15) is 9.40 Å². The maximum atomic E-state index is 13.2. The molecule has 0 spiro atoms. The molecular weight excluding hydrogens is 424 g/mol. The molecule has 9 heteroatoms. The third-order valence-corrected chi connectivity index (χ3v) is 7.72. The van der Waals surface area contributed by atoms with E-state index >= 15 is 0 Å². The summed E-state index contributed by atoms with van der Waals surface area (Å²) in [7, 11) is -1.88. The molecule has 0 bridgehead atoms. The van der Waals surface area contributed by atoms with Gasteiger partial charge in [0, 0.05) is 37.5 Å². The third kappa shape index (κ3) is 4.94.